The van der Waals surface area contributed by atoms with E-state index in [0.717, 1.165) is 12.2 Å². The lowest BCUT2D eigenvalue weighted by Crippen LogP contribution is -2.22. The number of amides is 1. The summed E-state index contributed by atoms with van der Waals surface area (Å²) >= 11 is 0. The first-order valence-electron chi connectivity index (χ1n) is 3.32. The summed E-state index contributed by atoms with van der Waals surface area (Å²) in [5, 5.41) is 20.9. The molecular formula is C6H9N3O4. The first-order chi connectivity index (χ1) is 5.99. The molecule has 0 saturated heterocycles. The zero-order valence-corrected chi connectivity index (χ0v) is 6.88. The minimum Gasteiger partial charge on any atom is -0.410 e. The van der Waals surface area contributed by atoms with Gasteiger partial charge in [0.1, 0.15) is 0 Å². The van der Waals surface area contributed by atoms with Gasteiger partial charge in [-0.2, -0.15) is 0 Å². The third-order valence-electron chi connectivity index (χ3n) is 1.23. The van der Waals surface area contributed by atoms with Crippen LogP contribution < -0.4 is 5.73 Å². The average molecular weight is 187 g/mol. The predicted octanol–water partition coefficient (Wildman–Crippen LogP) is -0.477. The lowest BCUT2D eigenvalue weighted by Gasteiger charge is -1.95. The highest BCUT2D eigenvalue weighted by Crippen LogP contribution is 1.91. The van der Waals surface area contributed by atoms with Crippen molar-refractivity contribution in [3.63, 3.8) is 0 Å². The maximum atomic E-state index is 10.4. The van der Waals surface area contributed by atoms with Crippen molar-refractivity contribution >= 4 is 11.6 Å². The molecule has 0 aromatic rings. The van der Waals surface area contributed by atoms with Gasteiger partial charge in [-0.15, -0.1) is 0 Å². The third kappa shape index (κ3) is 3.85. The van der Waals surface area contributed by atoms with Gasteiger partial charge < -0.3 is 10.9 Å². The van der Waals surface area contributed by atoms with E-state index < -0.39 is 22.6 Å². The highest BCUT2D eigenvalue weighted by Gasteiger charge is 2.09. The molecule has 13 heavy (non-hydrogen) atoms. The Morgan fingerprint density at radius 3 is 2.62 bits per heavy atom. The number of hydrogen-bond acceptors (Lipinski definition) is 5. The van der Waals surface area contributed by atoms with Crippen molar-refractivity contribution in [3.05, 3.63) is 22.3 Å². The summed E-state index contributed by atoms with van der Waals surface area (Å²) in [7, 11) is 0. The fourth-order valence-electron chi connectivity index (χ4n) is 0.465. The van der Waals surface area contributed by atoms with Crippen molar-refractivity contribution < 1.29 is 14.9 Å². The average Bonchev–Trinajstić information content (AvgIpc) is 2.04. The van der Waals surface area contributed by atoms with Gasteiger partial charge in [0.2, 0.25) is 6.04 Å². The van der Waals surface area contributed by atoms with E-state index in [-0.39, 0.29) is 0 Å². The van der Waals surface area contributed by atoms with E-state index >= 15 is 0 Å². The second-order valence-electron chi connectivity index (χ2n) is 2.23. The molecule has 0 aromatic heterocycles. The Bertz CT molecular complexity index is 271. The van der Waals surface area contributed by atoms with Crippen LogP contribution in [0.15, 0.2) is 17.3 Å². The molecule has 7 nitrogen and oxygen atoms in total. The molecule has 1 amide bonds. The van der Waals surface area contributed by atoms with Crippen LogP contribution in [0.2, 0.25) is 0 Å². The molecule has 3 N–H and O–H groups in total. The maximum absolute atomic E-state index is 10.4. The third-order valence-corrected chi connectivity index (χ3v) is 1.23. The fourth-order valence-corrected chi connectivity index (χ4v) is 0.465. The summed E-state index contributed by atoms with van der Waals surface area (Å²) < 4.78 is 0. The molecule has 0 aliphatic rings. The largest absolute Gasteiger partial charge is 0.410 e. The number of nitro groups is 1. The molecule has 0 rings (SSSR count). The smallest absolute Gasteiger partial charge is 0.270 e. The van der Waals surface area contributed by atoms with Crippen LogP contribution in [0, 0.1) is 10.1 Å². The van der Waals surface area contributed by atoms with Crippen molar-refractivity contribution in [1.82, 2.24) is 0 Å². The zero-order chi connectivity index (χ0) is 10.4. The van der Waals surface area contributed by atoms with E-state index in [1.165, 1.54) is 6.92 Å². The minimum absolute atomic E-state index is 0.422. The normalized spacial score (nSPS) is 14.4. The quantitative estimate of drug-likeness (QED) is 0.267. The Labute approximate surface area is 73.7 Å². The lowest BCUT2D eigenvalue weighted by atomic mass is 10.2. The molecule has 1 unspecified atom stereocenters. The van der Waals surface area contributed by atoms with Gasteiger partial charge in [0.15, 0.2) is 5.71 Å². The number of rotatable bonds is 4. The van der Waals surface area contributed by atoms with E-state index in [4.69, 9.17) is 10.9 Å². The fraction of sp³-hybridized carbons (Fsp3) is 0.333. The zero-order valence-electron chi connectivity index (χ0n) is 6.88. The summed E-state index contributed by atoms with van der Waals surface area (Å²) in [5.74, 6) is -0.950. The van der Waals surface area contributed by atoms with Crippen molar-refractivity contribution in [3.8, 4) is 0 Å². The number of nitrogens with zero attached hydrogens (tertiary/aromatic N) is 2. The van der Waals surface area contributed by atoms with E-state index in [2.05, 4.69) is 5.16 Å². The number of hydrogen-bond donors (Lipinski definition) is 2. The molecule has 0 heterocycles. The van der Waals surface area contributed by atoms with Crippen LogP contribution in [-0.4, -0.2) is 27.8 Å². The van der Waals surface area contributed by atoms with Gasteiger partial charge in [0, 0.05) is 11.8 Å². The maximum Gasteiger partial charge on any atom is 0.270 e. The van der Waals surface area contributed by atoms with Gasteiger partial charge in [-0.05, 0) is 12.2 Å². The van der Waals surface area contributed by atoms with Crippen molar-refractivity contribution in [2.45, 2.75) is 13.0 Å². The van der Waals surface area contributed by atoms with Crippen LogP contribution in [0.5, 0.6) is 0 Å². The topological polar surface area (TPSA) is 119 Å². The molecule has 0 fully saturated rings. The van der Waals surface area contributed by atoms with Gasteiger partial charge in [-0.3, -0.25) is 14.9 Å². The van der Waals surface area contributed by atoms with Crippen LogP contribution in [0.25, 0.3) is 0 Å². The molecule has 0 bridgehead atoms. The van der Waals surface area contributed by atoms with Gasteiger partial charge >= 0.3 is 0 Å². The van der Waals surface area contributed by atoms with Crippen LogP contribution in [-0.2, 0) is 4.79 Å². The molecule has 7 heteroatoms. The molecule has 0 aliphatic heterocycles. The standard InChI is InChI=1S/C6H9N3O4/c1-4(9(12)13)2-3-5(8-11)6(7)10/h2-4,11H,1H3,(H2,7,10)/b3-2+,8-5-. The minimum atomic E-state index is -0.962. The summed E-state index contributed by atoms with van der Waals surface area (Å²) in [4.78, 5) is 20.0. The number of oxime groups is 1. The Hall–Kier alpha value is -1.92. The van der Waals surface area contributed by atoms with Gasteiger partial charge in [0.05, 0.1) is 0 Å². The second kappa shape index (κ2) is 4.86. The Morgan fingerprint density at radius 1 is 1.77 bits per heavy atom. The molecule has 1 atom stereocenters. The molecular weight excluding hydrogens is 178 g/mol. The summed E-state index contributed by atoms with van der Waals surface area (Å²) in [6.45, 7) is 1.31. The van der Waals surface area contributed by atoms with E-state index in [0.29, 0.717) is 0 Å². The van der Waals surface area contributed by atoms with Crippen LogP contribution >= 0.6 is 0 Å². The van der Waals surface area contributed by atoms with E-state index in [1.54, 1.807) is 0 Å². The number of carbonyl (C=O) groups is 1. The van der Waals surface area contributed by atoms with Crippen LogP contribution in [0.1, 0.15) is 6.92 Å². The first-order valence-corrected chi connectivity index (χ1v) is 3.32. The lowest BCUT2D eigenvalue weighted by molar-refractivity contribution is -0.504. The van der Waals surface area contributed by atoms with Gasteiger partial charge in [-0.1, -0.05) is 5.16 Å². The highest BCUT2D eigenvalue weighted by molar-refractivity contribution is 6.42. The molecule has 0 aromatic carbocycles. The SMILES string of the molecule is CC(/C=C/C(=N/O)C(N)=O)[N+](=O)[O-]. The van der Waals surface area contributed by atoms with Crippen molar-refractivity contribution in [2.75, 3.05) is 0 Å². The Balaban J connectivity index is 4.42. The first kappa shape index (κ1) is 11.1. The summed E-state index contributed by atoms with van der Waals surface area (Å²) in [6.07, 6.45) is 2.09. The van der Waals surface area contributed by atoms with Gasteiger partial charge in [-0.25, -0.2) is 0 Å². The summed E-state index contributed by atoms with van der Waals surface area (Å²) in [5.41, 5.74) is 4.34. The van der Waals surface area contributed by atoms with Crippen LogP contribution in [0.4, 0.5) is 0 Å². The van der Waals surface area contributed by atoms with E-state index in [1.807, 2.05) is 0 Å². The molecule has 0 radical (unpaired) electrons. The molecule has 0 saturated carbocycles. The molecule has 0 aliphatic carbocycles. The van der Waals surface area contributed by atoms with Crippen molar-refractivity contribution in [2.24, 2.45) is 10.9 Å². The Morgan fingerprint density at radius 2 is 2.31 bits per heavy atom. The number of carbonyl (C=O) groups excluding carboxylic acids is 1. The number of nitrogens with two attached hydrogens (primary N) is 1. The molecule has 72 valence electrons. The monoisotopic (exact) mass is 187 g/mol. The highest BCUT2D eigenvalue weighted by atomic mass is 16.6. The Kier molecular flexibility index (Phi) is 4.14. The summed E-state index contributed by atoms with van der Waals surface area (Å²) in [6, 6.07) is -0.962. The van der Waals surface area contributed by atoms with Crippen LogP contribution in [0.3, 0.4) is 0 Å². The van der Waals surface area contributed by atoms with Crippen molar-refractivity contribution in [1.29, 1.82) is 0 Å². The molecule has 0 spiro atoms. The van der Waals surface area contributed by atoms with E-state index in [9.17, 15) is 14.9 Å². The number of primary amides is 1. The predicted molar refractivity (Wildman–Crippen MR) is 44.0 cm³/mol. The second-order valence-corrected chi connectivity index (χ2v) is 2.23. The van der Waals surface area contributed by atoms with Gasteiger partial charge in [0.25, 0.3) is 5.91 Å².